The summed E-state index contributed by atoms with van der Waals surface area (Å²) < 4.78 is 0. The predicted molar refractivity (Wildman–Crippen MR) is 67.3 cm³/mol. The standard InChI is InChI=1S/C10H12O3.C4H8/c1-6-3-4-8(5-9(6)11)7(2)10(12)13;1-4-2-3-4/h3-5,7,11H,1-2H3,(H,12,13);4H,2-3H2,1H3. The Morgan fingerprint density at radius 3 is 2.29 bits per heavy atom. The minimum Gasteiger partial charge on any atom is -0.508 e. The zero-order chi connectivity index (χ0) is 13.0. The monoisotopic (exact) mass is 236 g/mol. The van der Waals surface area contributed by atoms with Gasteiger partial charge in [-0.1, -0.05) is 31.9 Å². The summed E-state index contributed by atoms with van der Waals surface area (Å²) >= 11 is 0. The molecule has 1 unspecified atom stereocenters. The van der Waals surface area contributed by atoms with Crippen molar-refractivity contribution in [2.24, 2.45) is 5.92 Å². The van der Waals surface area contributed by atoms with Gasteiger partial charge in [0, 0.05) is 0 Å². The van der Waals surface area contributed by atoms with Gasteiger partial charge in [-0.3, -0.25) is 4.79 Å². The molecule has 0 saturated heterocycles. The van der Waals surface area contributed by atoms with E-state index in [1.54, 1.807) is 26.0 Å². The van der Waals surface area contributed by atoms with E-state index in [4.69, 9.17) is 5.11 Å². The van der Waals surface area contributed by atoms with Crippen LogP contribution >= 0.6 is 0 Å². The maximum Gasteiger partial charge on any atom is 0.310 e. The van der Waals surface area contributed by atoms with Crippen LogP contribution in [0.25, 0.3) is 0 Å². The smallest absolute Gasteiger partial charge is 0.310 e. The number of phenols is 1. The number of rotatable bonds is 2. The number of hydrogen-bond donors (Lipinski definition) is 2. The molecule has 2 rings (SSSR count). The molecule has 1 atom stereocenters. The van der Waals surface area contributed by atoms with Crippen molar-refractivity contribution in [1.82, 2.24) is 0 Å². The Morgan fingerprint density at radius 2 is 1.94 bits per heavy atom. The Hall–Kier alpha value is -1.51. The van der Waals surface area contributed by atoms with Crippen molar-refractivity contribution in [3.8, 4) is 5.75 Å². The number of aliphatic carboxylic acids is 1. The second kappa shape index (κ2) is 5.71. The van der Waals surface area contributed by atoms with E-state index in [1.165, 1.54) is 18.9 Å². The van der Waals surface area contributed by atoms with Gasteiger partial charge in [0.05, 0.1) is 5.92 Å². The molecule has 1 aliphatic rings. The van der Waals surface area contributed by atoms with Gasteiger partial charge in [-0.15, -0.1) is 0 Å². The third-order valence-corrected chi connectivity index (χ3v) is 2.97. The van der Waals surface area contributed by atoms with E-state index in [9.17, 15) is 9.90 Å². The van der Waals surface area contributed by atoms with Crippen molar-refractivity contribution in [1.29, 1.82) is 0 Å². The summed E-state index contributed by atoms with van der Waals surface area (Å²) in [6.45, 7) is 5.64. The summed E-state index contributed by atoms with van der Waals surface area (Å²) in [5, 5.41) is 18.1. The molecule has 0 bridgehead atoms. The van der Waals surface area contributed by atoms with Gasteiger partial charge in [0.15, 0.2) is 0 Å². The fourth-order valence-electron chi connectivity index (χ4n) is 1.21. The first-order valence-electron chi connectivity index (χ1n) is 5.94. The topological polar surface area (TPSA) is 57.5 Å². The molecule has 0 aromatic heterocycles. The van der Waals surface area contributed by atoms with E-state index < -0.39 is 11.9 Å². The maximum absolute atomic E-state index is 10.6. The Kier molecular flexibility index (Phi) is 4.55. The van der Waals surface area contributed by atoms with Gasteiger partial charge in [-0.2, -0.15) is 0 Å². The maximum atomic E-state index is 10.6. The van der Waals surface area contributed by atoms with Gasteiger partial charge in [-0.25, -0.2) is 0 Å². The average molecular weight is 236 g/mol. The molecule has 94 valence electrons. The van der Waals surface area contributed by atoms with Crippen LogP contribution in [0.1, 0.15) is 43.7 Å². The predicted octanol–water partition coefficient (Wildman–Crippen LogP) is 3.31. The van der Waals surface area contributed by atoms with E-state index in [0.29, 0.717) is 5.56 Å². The number of hydrogen-bond acceptors (Lipinski definition) is 2. The lowest BCUT2D eigenvalue weighted by atomic mass is 10.00. The molecule has 3 heteroatoms. The summed E-state index contributed by atoms with van der Waals surface area (Å²) in [4.78, 5) is 10.6. The van der Waals surface area contributed by atoms with E-state index >= 15 is 0 Å². The van der Waals surface area contributed by atoms with Gasteiger partial charge < -0.3 is 10.2 Å². The van der Waals surface area contributed by atoms with Crippen LogP contribution in [0.5, 0.6) is 5.75 Å². The normalized spacial score (nSPS) is 15.7. The first-order chi connectivity index (χ1) is 7.91. The molecule has 1 aromatic rings. The number of carbonyl (C=O) groups is 1. The van der Waals surface area contributed by atoms with Crippen molar-refractivity contribution in [2.75, 3.05) is 0 Å². The van der Waals surface area contributed by atoms with Crippen LogP contribution in [0, 0.1) is 12.8 Å². The van der Waals surface area contributed by atoms with Crippen molar-refractivity contribution in [3.05, 3.63) is 29.3 Å². The molecule has 1 aliphatic carbocycles. The van der Waals surface area contributed by atoms with Gasteiger partial charge in [0.2, 0.25) is 0 Å². The van der Waals surface area contributed by atoms with Crippen LogP contribution in [0.4, 0.5) is 0 Å². The molecule has 0 heterocycles. The molecule has 0 aliphatic heterocycles. The molecule has 0 spiro atoms. The summed E-state index contributed by atoms with van der Waals surface area (Å²) in [5.74, 6) is -0.236. The highest BCUT2D eigenvalue weighted by Gasteiger charge is 2.14. The average Bonchev–Trinajstić information content (AvgIpc) is 3.04. The zero-order valence-corrected chi connectivity index (χ0v) is 10.6. The van der Waals surface area contributed by atoms with E-state index in [0.717, 1.165) is 11.5 Å². The summed E-state index contributed by atoms with van der Waals surface area (Å²) in [6.07, 6.45) is 2.97. The quantitative estimate of drug-likeness (QED) is 0.828. The molecule has 0 amide bonds. The second-order valence-corrected chi connectivity index (χ2v) is 4.79. The number of aryl methyl sites for hydroxylation is 1. The highest BCUT2D eigenvalue weighted by atomic mass is 16.4. The lowest BCUT2D eigenvalue weighted by Crippen LogP contribution is -2.07. The molecule has 2 N–H and O–H groups in total. The Bertz CT molecular complexity index is 394. The molecule has 1 saturated carbocycles. The Morgan fingerprint density at radius 1 is 1.41 bits per heavy atom. The minimum atomic E-state index is -0.886. The second-order valence-electron chi connectivity index (χ2n) is 4.79. The fourth-order valence-corrected chi connectivity index (χ4v) is 1.21. The van der Waals surface area contributed by atoms with Gasteiger partial charge in [0.1, 0.15) is 5.75 Å². The van der Waals surface area contributed by atoms with E-state index in [-0.39, 0.29) is 5.75 Å². The minimum absolute atomic E-state index is 0.144. The molecule has 1 fully saturated rings. The number of aromatic hydroxyl groups is 1. The number of carboxylic acids is 1. The molecular formula is C14H20O3. The third kappa shape index (κ3) is 4.47. The fraction of sp³-hybridized carbons (Fsp3) is 0.500. The first kappa shape index (κ1) is 13.6. The van der Waals surface area contributed by atoms with Crippen molar-refractivity contribution >= 4 is 5.97 Å². The lowest BCUT2D eigenvalue weighted by Gasteiger charge is -2.07. The van der Waals surface area contributed by atoms with Crippen molar-refractivity contribution in [3.63, 3.8) is 0 Å². The number of carboxylic acid groups (broad SMARTS) is 1. The van der Waals surface area contributed by atoms with Gasteiger partial charge in [-0.05, 0) is 37.0 Å². The van der Waals surface area contributed by atoms with Crippen LogP contribution in [0.2, 0.25) is 0 Å². The lowest BCUT2D eigenvalue weighted by molar-refractivity contribution is -0.138. The van der Waals surface area contributed by atoms with Gasteiger partial charge in [0.25, 0.3) is 0 Å². The van der Waals surface area contributed by atoms with Crippen LogP contribution in [0.15, 0.2) is 18.2 Å². The summed E-state index contributed by atoms with van der Waals surface area (Å²) in [6, 6.07) is 4.92. The highest BCUT2D eigenvalue weighted by Crippen LogP contribution is 2.26. The van der Waals surface area contributed by atoms with Crippen molar-refractivity contribution in [2.45, 2.75) is 39.5 Å². The van der Waals surface area contributed by atoms with Crippen LogP contribution in [-0.2, 0) is 4.79 Å². The van der Waals surface area contributed by atoms with Crippen LogP contribution in [-0.4, -0.2) is 16.2 Å². The third-order valence-electron chi connectivity index (χ3n) is 2.97. The van der Waals surface area contributed by atoms with Crippen molar-refractivity contribution < 1.29 is 15.0 Å². The summed E-state index contributed by atoms with van der Waals surface area (Å²) in [5.41, 5.74) is 1.37. The van der Waals surface area contributed by atoms with Crippen LogP contribution in [0.3, 0.4) is 0 Å². The Labute approximate surface area is 102 Å². The van der Waals surface area contributed by atoms with Gasteiger partial charge >= 0.3 is 5.97 Å². The SMILES string of the molecule is CC1CC1.Cc1ccc(C(C)C(=O)O)cc1O. The Balaban J connectivity index is 0.000000302. The number of phenolic OH excluding ortho intramolecular Hbond substituents is 1. The zero-order valence-electron chi connectivity index (χ0n) is 10.6. The number of benzene rings is 1. The van der Waals surface area contributed by atoms with Crippen LogP contribution < -0.4 is 0 Å². The largest absolute Gasteiger partial charge is 0.508 e. The molecule has 17 heavy (non-hydrogen) atoms. The van der Waals surface area contributed by atoms with E-state index in [2.05, 4.69) is 6.92 Å². The highest BCUT2D eigenvalue weighted by molar-refractivity contribution is 5.75. The molecule has 0 radical (unpaired) electrons. The molecule has 3 nitrogen and oxygen atoms in total. The van der Waals surface area contributed by atoms with E-state index in [1.807, 2.05) is 0 Å². The molecular weight excluding hydrogens is 216 g/mol. The first-order valence-corrected chi connectivity index (χ1v) is 5.94. The summed E-state index contributed by atoms with van der Waals surface area (Å²) in [7, 11) is 0. The molecule has 1 aromatic carbocycles.